The van der Waals surface area contributed by atoms with Gasteiger partial charge in [-0.25, -0.2) is 4.68 Å². The predicted octanol–water partition coefficient (Wildman–Crippen LogP) is 2.72. The summed E-state index contributed by atoms with van der Waals surface area (Å²) in [5.41, 5.74) is 2.40. The predicted molar refractivity (Wildman–Crippen MR) is 81.7 cm³/mol. The van der Waals surface area contributed by atoms with Gasteiger partial charge in [-0.05, 0) is 17.7 Å². The number of ether oxygens (including phenoxy) is 1. The molecule has 0 N–H and O–H groups in total. The van der Waals surface area contributed by atoms with E-state index in [9.17, 15) is 4.79 Å². The molecule has 0 saturated carbocycles. The summed E-state index contributed by atoms with van der Waals surface area (Å²) >= 11 is 0. The van der Waals surface area contributed by atoms with Crippen LogP contribution in [-0.4, -0.2) is 21.3 Å². The summed E-state index contributed by atoms with van der Waals surface area (Å²) in [7, 11) is 0. The Morgan fingerprint density at radius 1 is 1.05 bits per heavy atom. The van der Waals surface area contributed by atoms with Crippen LogP contribution in [0.4, 0.5) is 0 Å². The molecule has 0 fully saturated rings. The van der Waals surface area contributed by atoms with Crippen LogP contribution >= 0.6 is 0 Å². The first-order valence-corrected chi connectivity index (χ1v) is 6.95. The zero-order valence-corrected chi connectivity index (χ0v) is 11.9. The van der Waals surface area contributed by atoms with E-state index in [1.165, 1.54) is 0 Å². The molecule has 5 nitrogen and oxygen atoms in total. The van der Waals surface area contributed by atoms with Crippen LogP contribution < -0.4 is 4.74 Å². The summed E-state index contributed by atoms with van der Waals surface area (Å²) in [6.45, 7) is 0.943. The van der Waals surface area contributed by atoms with Gasteiger partial charge in [0.05, 0.1) is 18.3 Å². The highest BCUT2D eigenvalue weighted by molar-refractivity contribution is 5.79. The van der Waals surface area contributed by atoms with Gasteiger partial charge in [0.2, 0.25) is 0 Å². The summed E-state index contributed by atoms with van der Waals surface area (Å²) < 4.78 is 7.39. The Hall–Kier alpha value is -2.95. The molecule has 3 aromatic rings. The fourth-order valence-corrected chi connectivity index (χ4v) is 2.11. The molecule has 0 saturated heterocycles. The Balaban J connectivity index is 1.63. The van der Waals surface area contributed by atoms with Crippen molar-refractivity contribution in [2.45, 2.75) is 13.2 Å². The maximum absolute atomic E-state index is 10.9. The van der Waals surface area contributed by atoms with Gasteiger partial charge in [-0.15, -0.1) is 5.10 Å². The number of benzene rings is 2. The number of aldehydes is 1. The summed E-state index contributed by atoms with van der Waals surface area (Å²) in [6.07, 6.45) is 2.62. The standard InChI is InChI=1S/C17H15N3O2/c21-12-15-8-4-5-9-17(15)22-13-16-11-20(19-18-16)10-14-6-2-1-3-7-14/h1-9,11-12H,10,13H2. The molecule has 0 radical (unpaired) electrons. The average Bonchev–Trinajstić information content (AvgIpc) is 3.01. The largest absolute Gasteiger partial charge is 0.486 e. The minimum atomic E-state index is 0.277. The van der Waals surface area contributed by atoms with Crippen molar-refractivity contribution in [1.29, 1.82) is 0 Å². The number of carbonyl (C=O) groups excluding carboxylic acids is 1. The highest BCUT2D eigenvalue weighted by Gasteiger charge is 2.05. The van der Waals surface area contributed by atoms with Crippen molar-refractivity contribution in [3.05, 3.63) is 77.6 Å². The van der Waals surface area contributed by atoms with Gasteiger partial charge in [0.15, 0.2) is 6.29 Å². The van der Waals surface area contributed by atoms with E-state index in [0.717, 1.165) is 17.5 Å². The van der Waals surface area contributed by atoms with Crippen LogP contribution in [0.5, 0.6) is 5.75 Å². The van der Waals surface area contributed by atoms with E-state index in [0.29, 0.717) is 17.9 Å². The van der Waals surface area contributed by atoms with Gasteiger partial charge in [-0.2, -0.15) is 0 Å². The zero-order valence-electron chi connectivity index (χ0n) is 11.9. The number of hydrogen-bond donors (Lipinski definition) is 0. The van der Waals surface area contributed by atoms with E-state index in [-0.39, 0.29) is 6.61 Å². The molecule has 0 aliphatic heterocycles. The molecule has 3 rings (SSSR count). The van der Waals surface area contributed by atoms with Gasteiger partial charge in [-0.3, -0.25) is 4.79 Å². The smallest absolute Gasteiger partial charge is 0.153 e. The Labute approximate surface area is 128 Å². The summed E-state index contributed by atoms with van der Waals surface area (Å²) in [5, 5.41) is 8.17. The molecule has 1 heterocycles. The fraction of sp³-hybridized carbons (Fsp3) is 0.118. The van der Waals surface area contributed by atoms with E-state index >= 15 is 0 Å². The average molecular weight is 293 g/mol. The van der Waals surface area contributed by atoms with Crippen LogP contribution in [0, 0.1) is 0 Å². The van der Waals surface area contributed by atoms with Crippen molar-refractivity contribution < 1.29 is 9.53 Å². The quantitative estimate of drug-likeness (QED) is 0.656. The highest BCUT2D eigenvalue weighted by atomic mass is 16.5. The van der Waals surface area contributed by atoms with Gasteiger partial charge in [0.25, 0.3) is 0 Å². The number of rotatable bonds is 6. The van der Waals surface area contributed by atoms with Gasteiger partial charge < -0.3 is 4.74 Å². The monoisotopic (exact) mass is 293 g/mol. The molecule has 5 heteroatoms. The van der Waals surface area contributed by atoms with Crippen molar-refractivity contribution in [3.63, 3.8) is 0 Å². The highest BCUT2D eigenvalue weighted by Crippen LogP contribution is 2.16. The first-order valence-electron chi connectivity index (χ1n) is 6.95. The fourth-order valence-electron chi connectivity index (χ4n) is 2.11. The van der Waals surface area contributed by atoms with Crippen LogP contribution in [0.25, 0.3) is 0 Å². The van der Waals surface area contributed by atoms with E-state index < -0.39 is 0 Å². The lowest BCUT2D eigenvalue weighted by Crippen LogP contribution is -2.00. The lowest BCUT2D eigenvalue weighted by atomic mass is 10.2. The van der Waals surface area contributed by atoms with E-state index in [4.69, 9.17) is 4.74 Å². The molecule has 0 spiro atoms. The molecular weight excluding hydrogens is 278 g/mol. The maximum Gasteiger partial charge on any atom is 0.153 e. The van der Waals surface area contributed by atoms with Crippen LogP contribution in [0.3, 0.4) is 0 Å². The van der Waals surface area contributed by atoms with E-state index in [1.807, 2.05) is 42.6 Å². The SMILES string of the molecule is O=Cc1ccccc1OCc1cn(Cc2ccccc2)nn1. The molecule has 0 amide bonds. The van der Waals surface area contributed by atoms with Crippen LogP contribution in [0.2, 0.25) is 0 Å². The lowest BCUT2D eigenvalue weighted by Gasteiger charge is -2.05. The Bertz CT molecular complexity index is 753. The number of nitrogens with zero attached hydrogens (tertiary/aromatic N) is 3. The third-order valence-electron chi connectivity index (χ3n) is 3.20. The molecule has 0 unspecified atom stereocenters. The van der Waals surface area contributed by atoms with Crippen molar-refractivity contribution in [3.8, 4) is 5.75 Å². The zero-order chi connectivity index (χ0) is 15.2. The molecule has 2 aromatic carbocycles. The summed E-state index contributed by atoms with van der Waals surface area (Å²) in [4.78, 5) is 10.9. The Morgan fingerprint density at radius 3 is 2.64 bits per heavy atom. The summed E-state index contributed by atoms with van der Waals surface area (Å²) in [6, 6.07) is 17.2. The second-order valence-corrected chi connectivity index (χ2v) is 4.84. The van der Waals surface area contributed by atoms with Gasteiger partial charge in [0, 0.05) is 0 Å². The minimum Gasteiger partial charge on any atom is -0.486 e. The number of aromatic nitrogens is 3. The first kappa shape index (κ1) is 14.0. The molecule has 0 bridgehead atoms. The third kappa shape index (κ3) is 3.38. The van der Waals surface area contributed by atoms with Crippen molar-refractivity contribution in [2.75, 3.05) is 0 Å². The van der Waals surface area contributed by atoms with E-state index in [2.05, 4.69) is 10.3 Å². The number of para-hydroxylation sites is 1. The Morgan fingerprint density at radius 2 is 1.82 bits per heavy atom. The van der Waals surface area contributed by atoms with Crippen molar-refractivity contribution in [2.24, 2.45) is 0 Å². The molecular formula is C17H15N3O2. The summed E-state index contributed by atoms with van der Waals surface area (Å²) in [5.74, 6) is 0.551. The second-order valence-electron chi connectivity index (χ2n) is 4.84. The van der Waals surface area contributed by atoms with Gasteiger partial charge >= 0.3 is 0 Å². The van der Waals surface area contributed by atoms with Gasteiger partial charge in [0.1, 0.15) is 18.1 Å². The normalized spacial score (nSPS) is 10.4. The lowest BCUT2D eigenvalue weighted by molar-refractivity contribution is 0.111. The third-order valence-corrected chi connectivity index (χ3v) is 3.20. The van der Waals surface area contributed by atoms with Crippen LogP contribution in [0.15, 0.2) is 60.8 Å². The topological polar surface area (TPSA) is 57.0 Å². The van der Waals surface area contributed by atoms with Crippen molar-refractivity contribution in [1.82, 2.24) is 15.0 Å². The maximum atomic E-state index is 10.9. The first-order chi connectivity index (χ1) is 10.8. The van der Waals surface area contributed by atoms with Crippen molar-refractivity contribution >= 4 is 6.29 Å². The minimum absolute atomic E-state index is 0.277. The molecule has 110 valence electrons. The Kier molecular flexibility index (Phi) is 4.25. The number of carbonyl (C=O) groups is 1. The second kappa shape index (κ2) is 6.67. The van der Waals surface area contributed by atoms with E-state index in [1.54, 1.807) is 22.9 Å². The molecule has 1 aromatic heterocycles. The molecule has 22 heavy (non-hydrogen) atoms. The van der Waals surface area contributed by atoms with Crippen LogP contribution in [0.1, 0.15) is 21.6 Å². The molecule has 0 atom stereocenters. The van der Waals surface area contributed by atoms with Crippen LogP contribution in [-0.2, 0) is 13.2 Å². The van der Waals surface area contributed by atoms with Gasteiger partial charge in [-0.1, -0.05) is 47.7 Å². The number of hydrogen-bond acceptors (Lipinski definition) is 4. The molecule has 0 aliphatic carbocycles. The molecule has 0 aliphatic rings.